The van der Waals surface area contributed by atoms with Gasteiger partial charge in [-0.2, -0.15) is 0 Å². The van der Waals surface area contributed by atoms with Crippen molar-refractivity contribution in [2.24, 2.45) is 4.99 Å². The van der Waals surface area contributed by atoms with Gasteiger partial charge in [-0.15, -0.1) is 0 Å². The molecule has 2 rings (SSSR count). The molecule has 24 heavy (non-hydrogen) atoms. The highest BCUT2D eigenvalue weighted by molar-refractivity contribution is 8.39. The first-order valence-corrected chi connectivity index (χ1v) is 9.94. The zero-order chi connectivity index (χ0) is 17.4. The summed E-state index contributed by atoms with van der Waals surface area (Å²) in [6, 6.07) is 6.66. The third-order valence-electron chi connectivity index (χ3n) is 3.18. The molecule has 1 atom stereocenters. The molecule has 1 aromatic carbocycles. The van der Waals surface area contributed by atoms with Gasteiger partial charge in [-0.3, -0.25) is 14.6 Å². The fourth-order valence-electron chi connectivity index (χ4n) is 2.15. The van der Waals surface area contributed by atoms with Crippen LogP contribution in [0.5, 0.6) is 0 Å². The minimum Gasteiger partial charge on any atom is -0.466 e. The molecule has 5 nitrogen and oxygen atoms in total. The Kier molecular flexibility index (Phi) is 7.94. The van der Waals surface area contributed by atoms with Crippen LogP contribution in [0.4, 0.5) is 0 Å². The Hall–Kier alpha value is -1.18. The molecule has 1 aliphatic rings. The van der Waals surface area contributed by atoms with Gasteiger partial charge in [0.25, 0.3) is 0 Å². The van der Waals surface area contributed by atoms with E-state index < -0.39 is 6.04 Å². The van der Waals surface area contributed by atoms with Crippen molar-refractivity contribution in [3.05, 3.63) is 34.9 Å². The molecule has 1 amide bonds. The molecule has 0 bridgehead atoms. The van der Waals surface area contributed by atoms with E-state index in [4.69, 9.17) is 16.3 Å². The van der Waals surface area contributed by atoms with Gasteiger partial charge < -0.3 is 10.1 Å². The number of thioether (sulfide) groups is 2. The number of amides is 1. The number of aliphatic imine (C=N–C) groups is 1. The zero-order valence-electron chi connectivity index (χ0n) is 13.3. The van der Waals surface area contributed by atoms with Crippen molar-refractivity contribution in [2.75, 3.05) is 24.7 Å². The van der Waals surface area contributed by atoms with Crippen LogP contribution >= 0.6 is 35.1 Å². The first-order valence-electron chi connectivity index (χ1n) is 7.59. The molecule has 1 N–H and O–H groups in total. The number of hydrogen-bond acceptors (Lipinski definition) is 6. The molecule has 8 heteroatoms. The lowest BCUT2D eigenvalue weighted by Crippen LogP contribution is -2.32. The number of carbonyl (C=O) groups is 2. The first-order chi connectivity index (χ1) is 11.6. The van der Waals surface area contributed by atoms with Crippen LogP contribution in [0.25, 0.3) is 0 Å². The van der Waals surface area contributed by atoms with Gasteiger partial charge >= 0.3 is 5.97 Å². The number of halogens is 1. The minimum atomic E-state index is -0.510. The summed E-state index contributed by atoms with van der Waals surface area (Å²) >= 11 is 9.28. The number of ether oxygens (including phenoxy) is 1. The summed E-state index contributed by atoms with van der Waals surface area (Å²) < 4.78 is 5.93. The molecule has 0 radical (unpaired) electrons. The number of carbonyl (C=O) groups excluding carboxylic acids is 2. The Labute approximate surface area is 155 Å². The van der Waals surface area contributed by atoms with Gasteiger partial charge in [-0.05, 0) is 18.6 Å². The Morgan fingerprint density at radius 2 is 2.25 bits per heavy atom. The molecule has 0 fully saturated rings. The highest BCUT2D eigenvalue weighted by Gasteiger charge is 2.22. The maximum absolute atomic E-state index is 12.2. The minimum absolute atomic E-state index is 0.0453. The number of nitrogens with zero attached hydrogens (tertiary/aromatic N) is 1. The number of benzene rings is 1. The molecular weight excluding hydrogens is 368 g/mol. The van der Waals surface area contributed by atoms with Crippen molar-refractivity contribution < 1.29 is 14.3 Å². The molecule has 0 saturated carbocycles. The van der Waals surface area contributed by atoms with E-state index in [0.717, 1.165) is 16.7 Å². The summed E-state index contributed by atoms with van der Waals surface area (Å²) in [6.45, 7) is 2.85. The zero-order valence-corrected chi connectivity index (χ0v) is 15.7. The topological polar surface area (TPSA) is 67.8 Å². The van der Waals surface area contributed by atoms with E-state index in [0.29, 0.717) is 17.2 Å². The molecule has 130 valence electrons. The van der Waals surface area contributed by atoms with Crippen molar-refractivity contribution in [3.63, 3.8) is 0 Å². The second kappa shape index (κ2) is 9.96. The van der Waals surface area contributed by atoms with E-state index >= 15 is 0 Å². The van der Waals surface area contributed by atoms with Crippen LogP contribution in [0.3, 0.4) is 0 Å². The molecule has 1 aromatic rings. The van der Waals surface area contributed by atoms with Crippen molar-refractivity contribution in [3.8, 4) is 0 Å². The van der Waals surface area contributed by atoms with E-state index in [1.165, 1.54) is 11.8 Å². The molecule has 1 heterocycles. The Morgan fingerprint density at radius 3 is 2.92 bits per heavy atom. The van der Waals surface area contributed by atoms with Crippen molar-refractivity contribution >= 4 is 51.4 Å². The molecule has 1 aliphatic heterocycles. The number of hydrogen-bond donors (Lipinski definition) is 1. The van der Waals surface area contributed by atoms with Gasteiger partial charge in [0.1, 0.15) is 4.38 Å². The molecule has 0 aromatic heterocycles. The van der Waals surface area contributed by atoms with Gasteiger partial charge in [0.15, 0.2) is 0 Å². The van der Waals surface area contributed by atoms with Crippen LogP contribution in [-0.2, 0) is 14.3 Å². The standard InChI is InChI=1S/C16H19ClN2O3S2/c1-2-22-15(21)9-13(11-5-3-4-6-12(11)17)19-14(20)10-24-16-18-7-8-23-16/h3-6,13H,2,7-10H2,1H3,(H,19,20). The second-order valence-electron chi connectivity index (χ2n) is 4.94. The van der Waals surface area contributed by atoms with E-state index in [1.54, 1.807) is 36.9 Å². The summed E-state index contributed by atoms with van der Waals surface area (Å²) in [6.07, 6.45) is 0.0453. The van der Waals surface area contributed by atoms with Gasteiger partial charge in [-0.25, -0.2) is 0 Å². The average Bonchev–Trinajstić information content (AvgIpc) is 3.06. The smallest absolute Gasteiger partial charge is 0.308 e. The van der Waals surface area contributed by atoms with E-state index in [1.807, 2.05) is 6.07 Å². The predicted molar refractivity (Wildman–Crippen MR) is 101 cm³/mol. The third kappa shape index (κ3) is 6.03. The fourth-order valence-corrected chi connectivity index (χ4v) is 4.24. The van der Waals surface area contributed by atoms with Crippen molar-refractivity contribution in [1.29, 1.82) is 0 Å². The SMILES string of the molecule is CCOC(=O)CC(NC(=O)CSC1=NCCS1)c1ccccc1Cl. The van der Waals surface area contributed by atoms with Crippen LogP contribution in [0.1, 0.15) is 24.9 Å². The number of nitrogens with one attached hydrogen (secondary N) is 1. The van der Waals surface area contributed by atoms with E-state index in [-0.39, 0.29) is 24.1 Å². The number of esters is 1. The molecule has 0 saturated heterocycles. The lowest BCUT2D eigenvalue weighted by atomic mass is 10.0. The Bertz CT molecular complexity index is 625. The quantitative estimate of drug-likeness (QED) is 0.728. The predicted octanol–water partition coefficient (Wildman–Crippen LogP) is 3.29. The Morgan fingerprint density at radius 1 is 1.46 bits per heavy atom. The number of rotatable bonds is 7. The molecule has 0 spiro atoms. The molecule has 1 unspecified atom stereocenters. The normalized spacial score (nSPS) is 14.8. The van der Waals surface area contributed by atoms with E-state index in [2.05, 4.69) is 10.3 Å². The van der Waals surface area contributed by atoms with Crippen molar-refractivity contribution in [1.82, 2.24) is 5.32 Å². The molecule has 0 aliphatic carbocycles. The highest BCUT2D eigenvalue weighted by Crippen LogP contribution is 2.26. The maximum atomic E-state index is 12.2. The summed E-state index contributed by atoms with van der Waals surface area (Å²) in [5.74, 6) is 0.695. The monoisotopic (exact) mass is 386 g/mol. The molecular formula is C16H19ClN2O3S2. The third-order valence-corrected chi connectivity index (χ3v) is 5.77. The second-order valence-corrected chi connectivity index (χ2v) is 7.65. The fraction of sp³-hybridized carbons (Fsp3) is 0.438. The van der Waals surface area contributed by atoms with Crippen molar-refractivity contribution in [2.45, 2.75) is 19.4 Å². The lowest BCUT2D eigenvalue weighted by Gasteiger charge is -2.19. The summed E-state index contributed by atoms with van der Waals surface area (Å²) in [7, 11) is 0. The van der Waals surface area contributed by atoms with Gasteiger partial charge in [-0.1, -0.05) is 53.3 Å². The lowest BCUT2D eigenvalue weighted by molar-refractivity contribution is -0.143. The summed E-state index contributed by atoms with van der Waals surface area (Å²) in [4.78, 5) is 28.4. The average molecular weight is 387 g/mol. The highest BCUT2D eigenvalue weighted by atomic mass is 35.5. The van der Waals surface area contributed by atoms with Gasteiger partial charge in [0.2, 0.25) is 5.91 Å². The van der Waals surface area contributed by atoms with Gasteiger partial charge in [0.05, 0.1) is 31.4 Å². The first kappa shape index (κ1) is 19.1. The van der Waals surface area contributed by atoms with Crippen LogP contribution in [-0.4, -0.2) is 40.9 Å². The Balaban J connectivity index is 2.00. The largest absolute Gasteiger partial charge is 0.466 e. The van der Waals surface area contributed by atoms with Crippen LogP contribution in [0, 0.1) is 0 Å². The summed E-state index contributed by atoms with van der Waals surface area (Å²) in [5.41, 5.74) is 0.707. The van der Waals surface area contributed by atoms with Crippen LogP contribution in [0.2, 0.25) is 5.02 Å². The van der Waals surface area contributed by atoms with Crippen LogP contribution < -0.4 is 5.32 Å². The summed E-state index contributed by atoms with van der Waals surface area (Å²) in [5, 5.41) is 3.39. The maximum Gasteiger partial charge on any atom is 0.308 e. The van der Waals surface area contributed by atoms with E-state index in [9.17, 15) is 9.59 Å². The van der Waals surface area contributed by atoms with Crippen LogP contribution in [0.15, 0.2) is 29.3 Å². The van der Waals surface area contributed by atoms with Gasteiger partial charge in [0, 0.05) is 10.8 Å².